The molecule has 2 heteroatoms. The first-order chi connectivity index (χ1) is 13.7. The number of benzene rings is 3. The Morgan fingerprint density at radius 3 is 2.52 bits per heavy atom. The van der Waals surface area contributed by atoms with Gasteiger partial charge in [-0.15, -0.1) is 0 Å². The van der Waals surface area contributed by atoms with Crippen molar-refractivity contribution < 1.29 is 9.30 Å². The largest absolute Gasteiger partial charge is 0.449 e. The van der Waals surface area contributed by atoms with Gasteiger partial charge in [0.15, 0.2) is 6.20 Å². The molecule has 0 N–H and O–H groups in total. The Hall–Kier alpha value is -2.87. The number of aryl methyl sites for hydroxylation is 2. The third-order valence-corrected chi connectivity index (χ3v) is 6.09. The lowest BCUT2D eigenvalue weighted by Crippen LogP contribution is -2.32. The first-order valence-electron chi connectivity index (χ1n) is 10.4. The van der Waals surface area contributed by atoms with E-state index < -0.39 is 0 Å². The van der Waals surface area contributed by atoms with Crippen molar-refractivity contribution >= 4 is 21.5 Å². The fourth-order valence-corrected chi connectivity index (χ4v) is 4.76. The molecule has 29 heavy (non-hydrogen) atoms. The van der Waals surface area contributed by atoms with Crippen LogP contribution in [-0.2, 0) is 13.5 Å². The SMILES string of the molecule is Cc1cc2cccc3c2c(c1C)-c1c(c2ccc(CC(C)(C)C)cc2c[n+]1C)O3. The zero-order chi connectivity index (χ0) is 20.5. The lowest BCUT2D eigenvalue weighted by Gasteiger charge is -2.23. The van der Waals surface area contributed by atoms with E-state index in [1.807, 2.05) is 0 Å². The minimum atomic E-state index is 0.268. The molecule has 0 saturated carbocycles. The molecule has 0 fully saturated rings. The first kappa shape index (κ1) is 18.2. The lowest BCUT2D eigenvalue weighted by molar-refractivity contribution is -0.659. The highest BCUT2D eigenvalue weighted by Gasteiger charge is 2.31. The maximum atomic E-state index is 6.56. The summed E-state index contributed by atoms with van der Waals surface area (Å²) in [4.78, 5) is 0. The van der Waals surface area contributed by atoms with E-state index in [9.17, 15) is 0 Å². The molecule has 0 bridgehead atoms. The molecule has 146 valence electrons. The second-order valence-corrected chi connectivity index (χ2v) is 9.73. The monoisotopic (exact) mass is 382 g/mol. The van der Waals surface area contributed by atoms with Crippen LogP contribution in [0.3, 0.4) is 0 Å². The van der Waals surface area contributed by atoms with E-state index in [-0.39, 0.29) is 5.41 Å². The van der Waals surface area contributed by atoms with Crippen molar-refractivity contribution in [2.24, 2.45) is 12.5 Å². The Balaban J connectivity index is 1.83. The fraction of sp³-hybridized carbons (Fsp3) is 0.296. The number of rotatable bonds is 1. The molecule has 0 atom stereocenters. The second-order valence-electron chi connectivity index (χ2n) is 9.73. The van der Waals surface area contributed by atoms with Gasteiger partial charge in [-0.2, -0.15) is 4.57 Å². The third kappa shape index (κ3) is 2.81. The van der Waals surface area contributed by atoms with Crippen molar-refractivity contribution in [1.29, 1.82) is 0 Å². The quantitative estimate of drug-likeness (QED) is 0.291. The van der Waals surface area contributed by atoms with Gasteiger partial charge in [0.05, 0.1) is 5.56 Å². The summed E-state index contributed by atoms with van der Waals surface area (Å²) in [6.07, 6.45) is 3.32. The van der Waals surface area contributed by atoms with Crippen LogP contribution >= 0.6 is 0 Å². The molecular weight excluding hydrogens is 354 g/mol. The molecule has 1 aliphatic rings. The van der Waals surface area contributed by atoms with E-state index in [0.29, 0.717) is 0 Å². The highest BCUT2D eigenvalue weighted by Crippen LogP contribution is 2.49. The van der Waals surface area contributed by atoms with E-state index in [2.05, 4.69) is 94.9 Å². The summed E-state index contributed by atoms with van der Waals surface area (Å²) in [7, 11) is 2.14. The van der Waals surface area contributed by atoms with Gasteiger partial charge in [0.1, 0.15) is 12.8 Å². The highest BCUT2D eigenvalue weighted by molar-refractivity contribution is 6.07. The zero-order valence-electron chi connectivity index (χ0n) is 18.2. The van der Waals surface area contributed by atoms with Crippen LogP contribution in [0.5, 0.6) is 11.5 Å². The molecule has 0 unspecified atom stereocenters. The lowest BCUT2D eigenvalue weighted by atomic mass is 9.87. The number of nitrogens with zero attached hydrogens (tertiary/aromatic N) is 1. The van der Waals surface area contributed by atoms with Crippen LogP contribution in [0.15, 0.2) is 48.7 Å². The second kappa shape index (κ2) is 6.06. The highest BCUT2D eigenvalue weighted by atomic mass is 16.5. The van der Waals surface area contributed by atoms with Crippen molar-refractivity contribution in [2.75, 3.05) is 0 Å². The van der Waals surface area contributed by atoms with Gasteiger partial charge in [-0.05, 0) is 66.0 Å². The van der Waals surface area contributed by atoms with Gasteiger partial charge in [-0.1, -0.05) is 45.0 Å². The zero-order valence-corrected chi connectivity index (χ0v) is 18.2. The molecule has 1 aromatic heterocycles. The summed E-state index contributed by atoms with van der Waals surface area (Å²) in [6, 6.07) is 15.5. The number of aromatic nitrogens is 1. The van der Waals surface area contributed by atoms with E-state index in [0.717, 1.165) is 17.9 Å². The van der Waals surface area contributed by atoms with Crippen LogP contribution in [0.4, 0.5) is 0 Å². The number of hydrogen-bond donors (Lipinski definition) is 0. The molecule has 0 saturated heterocycles. The van der Waals surface area contributed by atoms with Crippen molar-refractivity contribution in [3.05, 3.63) is 65.4 Å². The molecule has 0 amide bonds. The topological polar surface area (TPSA) is 13.1 Å². The summed E-state index contributed by atoms with van der Waals surface area (Å²) >= 11 is 0. The van der Waals surface area contributed by atoms with Crippen molar-refractivity contribution in [3.63, 3.8) is 0 Å². The average Bonchev–Trinajstić information content (AvgIpc) is 2.63. The van der Waals surface area contributed by atoms with Crippen LogP contribution < -0.4 is 9.30 Å². The van der Waals surface area contributed by atoms with Crippen LogP contribution in [0, 0.1) is 19.3 Å². The molecular formula is C27H28NO+. The molecule has 4 aromatic rings. The minimum Gasteiger partial charge on any atom is -0.449 e. The van der Waals surface area contributed by atoms with Crippen LogP contribution in [0.2, 0.25) is 0 Å². The Kier molecular flexibility index (Phi) is 3.80. The van der Waals surface area contributed by atoms with Gasteiger partial charge in [0.25, 0.3) is 5.69 Å². The van der Waals surface area contributed by atoms with E-state index in [1.165, 1.54) is 49.5 Å². The Morgan fingerprint density at radius 2 is 1.76 bits per heavy atom. The van der Waals surface area contributed by atoms with Crippen LogP contribution in [0.1, 0.15) is 37.5 Å². The molecule has 1 aliphatic heterocycles. The van der Waals surface area contributed by atoms with Gasteiger partial charge < -0.3 is 4.74 Å². The van der Waals surface area contributed by atoms with E-state index >= 15 is 0 Å². The summed E-state index contributed by atoms with van der Waals surface area (Å²) in [5.74, 6) is 1.93. The summed E-state index contributed by atoms with van der Waals surface area (Å²) in [6.45, 7) is 11.3. The molecule has 0 aliphatic carbocycles. The van der Waals surface area contributed by atoms with Crippen molar-refractivity contribution in [3.8, 4) is 22.8 Å². The van der Waals surface area contributed by atoms with E-state index in [4.69, 9.17) is 4.74 Å². The van der Waals surface area contributed by atoms with Gasteiger partial charge in [0, 0.05) is 16.2 Å². The normalized spacial score (nSPS) is 12.9. The standard InChI is InChI=1S/C27H28NO/c1-16-12-19-8-7-9-22-24(19)23(17(16)2)25-26(29-22)21-11-10-18(14-27(3,4)5)13-20(21)15-28(25)6/h7-13,15H,14H2,1-6H3/q+1. The maximum absolute atomic E-state index is 6.56. The summed E-state index contributed by atoms with van der Waals surface area (Å²) in [5.41, 5.74) is 6.76. The number of fused-ring (bicyclic) bond motifs is 4. The fourth-order valence-electron chi connectivity index (χ4n) is 4.76. The molecule has 0 radical (unpaired) electrons. The first-order valence-corrected chi connectivity index (χ1v) is 10.4. The van der Waals surface area contributed by atoms with Crippen LogP contribution in [-0.4, -0.2) is 0 Å². The van der Waals surface area contributed by atoms with Crippen molar-refractivity contribution in [2.45, 2.75) is 41.0 Å². The predicted octanol–water partition coefficient (Wildman–Crippen LogP) is 6.80. The minimum absolute atomic E-state index is 0.268. The predicted molar refractivity (Wildman–Crippen MR) is 121 cm³/mol. The number of ether oxygens (including phenoxy) is 1. The summed E-state index contributed by atoms with van der Waals surface area (Å²) in [5, 5.41) is 4.88. The molecule has 5 rings (SSSR count). The van der Waals surface area contributed by atoms with Crippen molar-refractivity contribution in [1.82, 2.24) is 0 Å². The Bertz CT molecular complexity index is 1310. The molecule has 3 aromatic carbocycles. The molecule has 2 heterocycles. The molecule has 0 spiro atoms. The van der Waals surface area contributed by atoms with Gasteiger partial charge >= 0.3 is 0 Å². The average molecular weight is 383 g/mol. The Labute approximate surface area is 172 Å². The smallest absolute Gasteiger partial charge is 0.257 e. The Morgan fingerprint density at radius 1 is 0.966 bits per heavy atom. The number of pyridine rings is 1. The third-order valence-electron chi connectivity index (χ3n) is 6.09. The number of hydrogen-bond acceptors (Lipinski definition) is 1. The molecule has 2 nitrogen and oxygen atoms in total. The van der Waals surface area contributed by atoms with Gasteiger partial charge in [-0.25, -0.2) is 0 Å². The van der Waals surface area contributed by atoms with Gasteiger partial charge in [-0.3, -0.25) is 0 Å². The van der Waals surface area contributed by atoms with E-state index in [1.54, 1.807) is 0 Å². The summed E-state index contributed by atoms with van der Waals surface area (Å²) < 4.78 is 8.80. The van der Waals surface area contributed by atoms with Gasteiger partial charge in [0.2, 0.25) is 5.75 Å². The maximum Gasteiger partial charge on any atom is 0.257 e. The van der Waals surface area contributed by atoms with Crippen LogP contribution in [0.25, 0.3) is 32.8 Å².